The first-order chi connectivity index (χ1) is 18.2. The minimum atomic E-state index is -4.82. The monoisotopic (exact) mass is 565 g/mol. The molecule has 0 aliphatic heterocycles. The van der Waals surface area contributed by atoms with E-state index < -0.39 is 17.8 Å². The molecule has 1 atom stereocenters. The van der Waals surface area contributed by atoms with Crippen molar-refractivity contribution in [2.24, 2.45) is 0 Å². The number of carboxylic acid groups (broad SMARTS) is 1. The molecule has 1 aromatic heterocycles. The lowest BCUT2D eigenvalue weighted by atomic mass is 10.0. The van der Waals surface area contributed by atoms with Crippen molar-refractivity contribution in [3.8, 4) is 5.75 Å². The summed E-state index contributed by atoms with van der Waals surface area (Å²) in [6, 6.07) is 4.11. The predicted octanol–water partition coefficient (Wildman–Crippen LogP) is 7.98. The first-order valence-electron chi connectivity index (χ1n) is 11.6. The maximum atomic E-state index is 12.8. The van der Waals surface area contributed by atoms with Gasteiger partial charge in [0.2, 0.25) is 5.44 Å². The number of benzene rings is 1. The van der Waals surface area contributed by atoms with Crippen LogP contribution in [0.3, 0.4) is 0 Å². The summed E-state index contributed by atoms with van der Waals surface area (Å²) >= 11 is 3.87. The molecule has 1 aromatic carbocycles. The third-order valence-corrected chi connectivity index (χ3v) is 5.69. The van der Waals surface area contributed by atoms with Gasteiger partial charge in [-0.2, -0.15) is 0 Å². The van der Waals surface area contributed by atoms with Crippen molar-refractivity contribution in [3.05, 3.63) is 96.7 Å². The number of thiol groups is 1. The highest BCUT2D eigenvalue weighted by molar-refractivity contribution is 7.81. The van der Waals surface area contributed by atoms with Gasteiger partial charge in [0.15, 0.2) is 0 Å². The Labute approximate surface area is 232 Å². The standard InChI is InChI=1S/C24H24F3NO4S.C5H10O/c1-6-8-17(31-23(33)22(29)30)11-14(3)13-28-16(5)21(15(4)7-2)19-10-9-18(12-20(19)28)32-24(25,26)27;1-4-5(2)6-3/h6-12,23,33H,1-2,4,13H2,3,5H3,(H,29,30);4H,1-3H3/b14-11+,17-8+;5-4+. The highest BCUT2D eigenvalue weighted by Gasteiger charge is 2.31. The van der Waals surface area contributed by atoms with Gasteiger partial charge >= 0.3 is 12.3 Å². The molecule has 0 bridgehead atoms. The topological polar surface area (TPSA) is 69.9 Å². The predicted molar refractivity (Wildman–Crippen MR) is 153 cm³/mol. The number of carbonyl (C=O) groups is 1. The number of fused-ring (bicyclic) bond motifs is 1. The summed E-state index contributed by atoms with van der Waals surface area (Å²) in [4.78, 5) is 11.0. The van der Waals surface area contributed by atoms with Gasteiger partial charge in [-0.15, -0.1) is 25.8 Å². The lowest BCUT2D eigenvalue weighted by Crippen LogP contribution is -2.17. The van der Waals surface area contributed by atoms with Crippen LogP contribution < -0.4 is 4.74 Å². The Morgan fingerprint density at radius 1 is 1.26 bits per heavy atom. The van der Waals surface area contributed by atoms with E-state index in [0.717, 1.165) is 22.6 Å². The van der Waals surface area contributed by atoms with Crippen LogP contribution in [0.4, 0.5) is 13.2 Å². The lowest BCUT2D eigenvalue weighted by Gasteiger charge is -2.14. The van der Waals surface area contributed by atoms with Crippen LogP contribution in [0, 0.1) is 6.92 Å². The van der Waals surface area contributed by atoms with Gasteiger partial charge in [-0.3, -0.25) is 0 Å². The smallest absolute Gasteiger partial charge is 0.502 e. The number of carboxylic acids is 1. The molecule has 0 saturated heterocycles. The van der Waals surface area contributed by atoms with Gasteiger partial charge in [0.25, 0.3) is 0 Å². The van der Waals surface area contributed by atoms with Crippen LogP contribution in [0.15, 0.2) is 85.4 Å². The quantitative estimate of drug-likeness (QED) is 0.125. The van der Waals surface area contributed by atoms with Crippen LogP contribution in [0.1, 0.15) is 32.0 Å². The van der Waals surface area contributed by atoms with Gasteiger partial charge < -0.3 is 23.9 Å². The summed E-state index contributed by atoms with van der Waals surface area (Å²) in [5, 5.41) is 9.71. The minimum Gasteiger partial charge on any atom is -0.502 e. The molecule has 0 amide bonds. The summed E-state index contributed by atoms with van der Waals surface area (Å²) in [5.74, 6) is -0.414. The summed E-state index contributed by atoms with van der Waals surface area (Å²) in [7, 11) is 1.66. The molecule has 1 N–H and O–H groups in total. The number of alkyl halides is 3. The number of nitrogens with zero attached hydrogens (tertiary/aromatic N) is 1. The van der Waals surface area contributed by atoms with Gasteiger partial charge in [-0.25, -0.2) is 4.79 Å². The SMILES string of the molecule is C/C=C(\C)OC.C=C/C=C(\C=C(/C)Cn1c(C)c(C(=C)C=C)c2ccc(OC(F)(F)F)cc21)OC(S)C(=O)O. The van der Waals surface area contributed by atoms with Crippen LogP contribution in [0.25, 0.3) is 16.5 Å². The summed E-state index contributed by atoms with van der Waals surface area (Å²) in [6.45, 7) is 19.0. The van der Waals surface area contributed by atoms with E-state index in [9.17, 15) is 18.0 Å². The van der Waals surface area contributed by atoms with Crippen LogP contribution in [-0.2, 0) is 20.8 Å². The highest BCUT2D eigenvalue weighted by Crippen LogP contribution is 2.35. The Bertz CT molecular complexity index is 1300. The molecule has 1 heterocycles. The van der Waals surface area contributed by atoms with E-state index in [-0.39, 0.29) is 18.1 Å². The molecular weight excluding hydrogens is 531 g/mol. The van der Waals surface area contributed by atoms with E-state index >= 15 is 0 Å². The van der Waals surface area contributed by atoms with Crippen LogP contribution in [0.5, 0.6) is 5.75 Å². The number of hydrogen-bond donors (Lipinski definition) is 2. The van der Waals surface area contributed by atoms with Gasteiger partial charge in [0.05, 0.1) is 18.4 Å². The minimum absolute atomic E-state index is 0.218. The van der Waals surface area contributed by atoms with Gasteiger partial charge in [-0.05, 0) is 63.1 Å². The van der Waals surface area contributed by atoms with Crippen molar-refractivity contribution in [2.75, 3.05) is 7.11 Å². The molecule has 0 fully saturated rings. The zero-order valence-corrected chi connectivity index (χ0v) is 23.5. The van der Waals surface area contributed by atoms with E-state index in [1.807, 2.05) is 31.4 Å². The zero-order chi connectivity index (χ0) is 29.9. The molecule has 212 valence electrons. The number of halogens is 3. The molecule has 2 rings (SSSR count). The number of allylic oxidation sites excluding steroid dienone is 8. The third-order valence-electron chi connectivity index (χ3n) is 5.36. The molecule has 0 radical (unpaired) electrons. The maximum absolute atomic E-state index is 12.8. The molecule has 1 unspecified atom stereocenters. The van der Waals surface area contributed by atoms with Crippen LogP contribution in [0.2, 0.25) is 0 Å². The van der Waals surface area contributed by atoms with E-state index in [2.05, 4.69) is 37.1 Å². The Morgan fingerprint density at radius 3 is 2.36 bits per heavy atom. The molecular formula is C29H34F3NO5S. The number of aromatic nitrogens is 1. The van der Waals surface area contributed by atoms with Crippen molar-refractivity contribution in [1.82, 2.24) is 4.57 Å². The van der Waals surface area contributed by atoms with E-state index in [0.29, 0.717) is 16.5 Å². The fourth-order valence-corrected chi connectivity index (χ4v) is 3.56. The Morgan fingerprint density at radius 2 is 1.90 bits per heavy atom. The lowest BCUT2D eigenvalue weighted by molar-refractivity contribution is -0.274. The first-order valence-corrected chi connectivity index (χ1v) is 12.1. The molecule has 2 aromatic rings. The first kappa shape index (κ1) is 33.2. The summed E-state index contributed by atoms with van der Waals surface area (Å²) in [6.07, 6.45) is 3.20. The van der Waals surface area contributed by atoms with Crippen LogP contribution >= 0.6 is 12.6 Å². The second-order valence-corrected chi connectivity index (χ2v) is 8.68. The van der Waals surface area contributed by atoms with Gasteiger partial charge in [0, 0.05) is 29.3 Å². The zero-order valence-electron chi connectivity index (χ0n) is 22.6. The molecule has 0 aliphatic rings. The number of rotatable bonds is 11. The Hall–Kier alpha value is -3.79. The number of methoxy groups -OCH3 is 1. The number of aliphatic carboxylic acids is 1. The summed E-state index contributed by atoms with van der Waals surface area (Å²) in [5.41, 5.74) is 2.00. The van der Waals surface area contributed by atoms with Crippen LogP contribution in [-0.4, -0.2) is 34.6 Å². The average molecular weight is 566 g/mol. The van der Waals surface area contributed by atoms with Crippen molar-refractivity contribution >= 4 is 35.1 Å². The molecule has 39 heavy (non-hydrogen) atoms. The van der Waals surface area contributed by atoms with E-state index in [4.69, 9.17) is 14.6 Å². The van der Waals surface area contributed by atoms with Gasteiger partial charge in [0.1, 0.15) is 11.5 Å². The highest BCUT2D eigenvalue weighted by atomic mass is 32.1. The normalized spacial score (nSPS) is 13.2. The van der Waals surface area contributed by atoms with Gasteiger partial charge in [-0.1, -0.05) is 38.0 Å². The number of ether oxygens (including phenoxy) is 3. The van der Waals surface area contributed by atoms with Crippen molar-refractivity contribution in [2.45, 2.75) is 46.0 Å². The molecule has 0 aliphatic carbocycles. The maximum Gasteiger partial charge on any atom is 0.573 e. The molecule has 6 nitrogen and oxygen atoms in total. The fourth-order valence-electron chi connectivity index (χ4n) is 3.44. The third kappa shape index (κ3) is 10.1. The van der Waals surface area contributed by atoms with Crippen molar-refractivity contribution in [3.63, 3.8) is 0 Å². The fraction of sp³-hybridized carbons (Fsp3) is 0.276. The second kappa shape index (κ2) is 15.0. The molecule has 10 heteroatoms. The Balaban J connectivity index is 0.00000113. The largest absolute Gasteiger partial charge is 0.573 e. The molecule has 0 saturated carbocycles. The number of hydrogen-bond acceptors (Lipinski definition) is 5. The average Bonchev–Trinajstić information content (AvgIpc) is 3.12. The Kier molecular flexibility index (Phi) is 12.8. The van der Waals surface area contributed by atoms with E-state index in [1.54, 1.807) is 32.3 Å². The molecule has 0 spiro atoms. The van der Waals surface area contributed by atoms with Crippen molar-refractivity contribution < 1.29 is 37.3 Å². The summed E-state index contributed by atoms with van der Waals surface area (Å²) < 4.78 is 54.2. The van der Waals surface area contributed by atoms with Crippen molar-refractivity contribution in [1.29, 1.82) is 0 Å². The van der Waals surface area contributed by atoms with E-state index in [1.165, 1.54) is 24.3 Å². The second-order valence-electron chi connectivity index (χ2n) is 8.21.